The van der Waals surface area contributed by atoms with Gasteiger partial charge in [0.1, 0.15) is 0 Å². The second-order valence-electron chi connectivity index (χ2n) is 4.78. The van der Waals surface area contributed by atoms with Gasteiger partial charge in [-0.05, 0) is 25.7 Å². The van der Waals surface area contributed by atoms with Gasteiger partial charge in [0.25, 0.3) is 0 Å². The predicted molar refractivity (Wildman–Crippen MR) is 60.3 cm³/mol. The van der Waals surface area contributed by atoms with E-state index < -0.39 is 0 Å². The Hall–Kier alpha value is -0.0800. The van der Waals surface area contributed by atoms with Crippen LogP contribution < -0.4 is 5.32 Å². The third kappa shape index (κ3) is 4.43. The van der Waals surface area contributed by atoms with Crippen LogP contribution in [0.3, 0.4) is 0 Å². The van der Waals surface area contributed by atoms with Gasteiger partial charge >= 0.3 is 0 Å². The van der Waals surface area contributed by atoms with Gasteiger partial charge < -0.3 is 10.4 Å². The molecule has 0 spiro atoms. The molecule has 0 amide bonds. The summed E-state index contributed by atoms with van der Waals surface area (Å²) in [5.41, 5.74) is 0. The first-order valence-corrected chi connectivity index (χ1v) is 6.13. The van der Waals surface area contributed by atoms with E-state index in [4.69, 9.17) is 0 Å². The molecule has 2 N–H and O–H groups in total. The zero-order valence-electron chi connectivity index (χ0n) is 9.63. The SMILES string of the molecule is CCCC(O)CNC(C)CC1CCC1. The van der Waals surface area contributed by atoms with Gasteiger partial charge in [0.2, 0.25) is 0 Å². The van der Waals surface area contributed by atoms with Crippen molar-refractivity contribution in [2.45, 2.75) is 64.5 Å². The minimum atomic E-state index is -0.149. The fraction of sp³-hybridized carbons (Fsp3) is 1.00. The number of aliphatic hydroxyl groups is 1. The molecule has 1 aliphatic rings. The van der Waals surface area contributed by atoms with Crippen molar-refractivity contribution in [3.05, 3.63) is 0 Å². The molecule has 1 fully saturated rings. The highest BCUT2D eigenvalue weighted by Crippen LogP contribution is 2.30. The van der Waals surface area contributed by atoms with Crippen molar-refractivity contribution in [1.82, 2.24) is 5.32 Å². The van der Waals surface area contributed by atoms with Crippen molar-refractivity contribution < 1.29 is 5.11 Å². The monoisotopic (exact) mass is 199 g/mol. The lowest BCUT2D eigenvalue weighted by molar-refractivity contribution is 0.152. The van der Waals surface area contributed by atoms with Crippen molar-refractivity contribution in [1.29, 1.82) is 0 Å². The first kappa shape index (κ1) is 12.0. The molecular formula is C12H25NO. The summed E-state index contributed by atoms with van der Waals surface area (Å²) in [5, 5.41) is 13.0. The van der Waals surface area contributed by atoms with Gasteiger partial charge in [-0.15, -0.1) is 0 Å². The second-order valence-corrected chi connectivity index (χ2v) is 4.78. The van der Waals surface area contributed by atoms with Crippen molar-refractivity contribution in [3.63, 3.8) is 0 Å². The van der Waals surface area contributed by atoms with E-state index in [1.165, 1.54) is 25.7 Å². The van der Waals surface area contributed by atoms with Gasteiger partial charge in [0, 0.05) is 12.6 Å². The van der Waals surface area contributed by atoms with Crippen LogP contribution in [0.2, 0.25) is 0 Å². The van der Waals surface area contributed by atoms with E-state index in [1.54, 1.807) is 0 Å². The number of aliphatic hydroxyl groups excluding tert-OH is 1. The van der Waals surface area contributed by atoms with Crippen LogP contribution in [0.25, 0.3) is 0 Å². The lowest BCUT2D eigenvalue weighted by Gasteiger charge is -2.29. The molecule has 0 aromatic carbocycles. The molecular weight excluding hydrogens is 174 g/mol. The largest absolute Gasteiger partial charge is 0.392 e. The molecule has 0 aromatic rings. The van der Waals surface area contributed by atoms with E-state index in [1.807, 2.05) is 0 Å². The maximum atomic E-state index is 9.54. The summed E-state index contributed by atoms with van der Waals surface area (Å²) in [7, 11) is 0. The van der Waals surface area contributed by atoms with Crippen molar-refractivity contribution >= 4 is 0 Å². The van der Waals surface area contributed by atoms with Gasteiger partial charge in [-0.3, -0.25) is 0 Å². The molecule has 0 aromatic heterocycles. The summed E-state index contributed by atoms with van der Waals surface area (Å²) in [5.74, 6) is 0.959. The molecule has 0 radical (unpaired) electrons. The zero-order chi connectivity index (χ0) is 10.4. The molecule has 2 heteroatoms. The molecule has 2 unspecified atom stereocenters. The minimum Gasteiger partial charge on any atom is -0.392 e. The normalized spacial score (nSPS) is 21.6. The second kappa shape index (κ2) is 6.41. The van der Waals surface area contributed by atoms with Crippen LogP contribution in [0.4, 0.5) is 0 Å². The van der Waals surface area contributed by atoms with Gasteiger partial charge in [-0.1, -0.05) is 32.6 Å². The molecule has 1 aliphatic carbocycles. The summed E-state index contributed by atoms with van der Waals surface area (Å²) in [6.45, 7) is 5.11. The molecule has 0 aliphatic heterocycles. The Morgan fingerprint density at radius 2 is 2.14 bits per heavy atom. The van der Waals surface area contributed by atoms with E-state index in [9.17, 15) is 5.11 Å². The number of rotatable bonds is 7. The minimum absolute atomic E-state index is 0.149. The Kier molecular flexibility index (Phi) is 5.49. The molecule has 0 heterocycles. The standard InChI is InChI=1S/C12H25NO/c1-3-5-12(14)9-13-10(2)8-11-6-4-7-11/h10-14H,3-9H2,1-2H3. The summed E-state index contributed by atoms with van der Waals surface area (Å²) < 4.78 is 0. The highest BCUT2D eigenvalue weighted by molar-refractivity contribution is 4.75. The van der Waals surface area contributed by atoms with E-state index in [0.717, 1.165) is 25.3 Å². The molecule has 84 valence electrons. The van der Waals surface area contributed by atoms with E-state index in [0.29, 0.717) is 6.04 Å². The Morgan fingerprint density at radius 1 is 1.43 bits per heavy atom. The van der Waals surface area contributed by atoms with Crippen molar-refractivity contribution in [2.75, 3.05) is 6.54 Å². The van der Waals surface area contributed by atoms with Crippen LogP contribution in [0.5, 0.6) is 0 Å². The maximum absolute atomic E-state index is 9.54. The smallest absolute Gasteiger partial charge is 0.0664 e. The lowest BCUT2D eigenvalue weighted by atomic mass is 9.81. The van der Waals surface area contributed by atoms with Crippen LogP contribution in [0.1, 0.15) is 52.4 Å². The van der Waals surface area contributed by atoms with Gasteiger partial charge in [-0.2, -0.15) is 0 Å². The van der Waals surface area contributed by atoms with Gasteiger partial charge in [-0.25, -0.2) is 0 Å². The molecule has 1 saturated carbocycles. The summed E-state index contributed by atoms with van der Waals surface area (Å²) in [4.78, 5) is 0. The van der Waals surface area contributed by atoms with Crippen molar-refractivity contribution in [2.24, 2.45) is 5.92 Å². The highest BCUT2D eigenvalue weighted by atomic mass is 16.3. The molecule has 0 bridgehead atoms. The zero-order valence-corrected chi connectivity index (χ0v) is 9.63. The topological polar surface area (TPSA) is 32.3 Å². The summed E-state index contributed by atoms with van der Waals surface area (Å²) >= 11 is 0. The van der Waals surface area contributed by atoms with Crippen LogP contribution in [0.15, 0.2) is 0 Å². The van der Waals surface area contributed by atoms with Crippen LogP contribution >= 0.6 is 0 Å². The average molecular weight is 199 g/mol. The summed E-state index contributed by atoms with van der Waals surface area (Å²) in [6, 6.07) is 0.576. The number of nitrogens with one attached hydrogen (secondary N) is 1. The summed E-state index contributed by atoms with van der Waals surface area (Å²) in [6.07, 6.45) is 7.40. The van der Waals surface area contributed by atoms with Crippen LogP contribution in [-0.2, 0) is 0 Å². The third-order valence-corrected chi connectivity index (χ3v) is 3.24. The third-order valence-electron chi connectivity index (χ3n) is 3.24. The fourth-order valence-corrected chi connectivity index (χ4v) is 2.08. The molecule has 14 heavy (non-hydrogen) atoms. The van der Waals surface area contributed by atoms with E-state index >= 15 is 0 Å². The number of hydrogen-bond acceptors (Lipinski definition) is 2. The lowest BCUT2D eigenvalue weighted by Crippen LogP contribution is -2.35. The molecule has 1 rings (SSSR count). The van der Waals surface area contributed by atoms with Crippen LogP contribution in [-0.4, -0.2) is 23.8 Å². The highest BCUT2D eigenvalue weighted by Gasteiger charge is 2.19. The molecule has 2 nitrogen and oxygen atoms in total. The van der Waals surface area contributed by atoms with E-state index in [2.05, 4.69) is 19.2 Å². The fourth-order valence-electron chi connectivity index (χ4n) is 2.08. The van der Waals surface area contributed by atoms with Crippen molar-refractivity contribution in [3.8, 4) is 0 Å². The Balaban J connectivity index is 1.98. The quantitative estimate of drug-likeness (QED) is 0.659. The Morgan fingerprint density at radius 3 is 2.64 bits per heavy atom. The van der Waals surface area contributed by atoms with Gasteiger partial charge in [0.15, 0.2) is 0 Å². The molecule has 2 atom stereocenters. The Labute approximate surface area is 88.1 Å². The number of hydrogen-bond donors (Lipinski definition) is 2. The van der Waals surface area contributed by atoms with Crippen LogP contribution in [0, 0.1) is 5.92 Å². The first-order valence-electron chi connectivity index (χ1n) is 6.13. The van der Waals surface area contributed by atoms with E-state index in [-0.39, 0.29) is 6.10 Å². The first-order chi connectivity index (χ1) is 6.72. The average Bonchev–Trinajstić information content (AvgIpc) is 2.09. The Bertz CT molecular complexity index is 145. The molecule has 0 saturated heterocycles. The maximum Gasteiger partial charge on any atom is 0.0664 e. The van der Waals surface area contributed by atoms with Gasteiger partial charge in [0.05, 0.1) is 6.10 Å². The predicted octanol–water partition coefficient (Wildman–Crippen LogP) is 2.32.